The fourth-order valence-electron chi connectivity index (χ4n) is 0.996. The van der Waals surface area contributed by atoms with Crippen LogP contribution in [0.1, 0.15) is 26.7 Å². The zero-order chi connectivity index (χ0) is 12.4. The molecule has 0 saturated heterocycles. The van der Waals surface area contributed by atoms with Gasteiger partial charge in [0.15, 0.2) is 0 Å². The van der Waals surface area contributed by atoms with Crippen LogP contribution < -0.4 is 11.5 Å². The number of carbonyl (C=O) groups is 1. The van der Waals surface area contributed by atoms with Crippen LogP contribution in [0.2, 0.25) is 0 Å². The van der Waals surface area contributed by atoms with Crippen molar-refractivity contribution >= 4 is 17.3 Å². The lowest BCUT2D eigenvalue weighted by Crippen LogP contribution is -2.01. The summed E-state index contributed by atoms with van der Waals surface area (Å²) in [4.78, 5) is 10.4. The molecule has 1 aromatic rings. The number of benzene rings is 1. The second kappa shape index (κ2) is 8.59. The minimum absolute atomic E-state index is 0.0880. The van der Waals surface area contributed by atoms with Crippen molar-refractivity contribution in [2.45, 2.75) is 26.7 Å². The van der Waals surface area contributed by atoms with Crippen molar-refractivity contribution in [1.82, 2.24) is 0 Å². The number of nitrogen functional groups attached to an aromatic ring is 2. The lowest BCUT2D eigenvalue weighted by molar-refractivity contribution is -0.143. The number of hydrogen-bond donors (Lipinski definition) is 2. The normalized spacial score (nSPS) is 8.88. The van der Waals surface area contributed by atoms with E-state index < -0.39 is 0 Å². The van der Waals surface area contributed by atoms with Gasteiger partial charge in [-0.3, -0.25) is 4.79 Å². The van der Waals surface area contributed by atoms with Crippen LogP contribution in [0.15, 0.2) is 24.3 Å². The van der Waals surface area contributed by atoms with Crippen LogP contribution in [-0.4, -0.2) is 12.6 Å². The lowest BCUT2D eigenvalue weighted by atomic mass is 10.3. The highest BCUT2D eigenvalue weighted by molar-refractivity contribution is 5.69. The maximum absolute atomic E-state index is 10.4. The fourth-order valence-corrected chi connectivity index (χ4v) is 0.996. The summed E-state index contributed by atoms with van der Waals surface area (Å²) < 4.78 is 4.64. The van der Waals surface area contributed by atoms with E-state index in [0.29, 0.717) is 24.4 Å². The molecule has 90 valence electrons. The second-order valence-electron chi connectivity index (χ2n) is 3.23. The van der Waals surface area contributed by atoms with E-state index in [0.717, 1.165) is 6.42 Å². The molecule has 0 aromatic heterocycles. The van der Waals surface area contributed by atoms with Gasteiger partial charge in [0, 0.05) is 17.8 Å². The van der Waals surface area contributed by atoms with Gasteiger partial charge in [-0.25, -0.2) is 0 Å². The number of hydrogen-bond acceptors (Lipinski definition) is 4. The number of esters is 1. The number of carbonyl (C=O) groups excluding carboxylic acids is 1. The van der Waals surface area contributed by atoms with Gasteiger partial charge in [-0.1, -0.05) is 13.0 Å². The average molecular weight is 224 g/mol. The Labute approximate surface area is 96.6 Å². The predicted molar refractivity (Wildman–Crippen MR) is 66.8 cm³/mol. The molecule has 4 heteroatoms. The molecule has 0 aliphatic carbocycles. The lowest BCUT2D eigenvalue weighted by Gasteiger charge is -1.96. The highest BCUT2D eigenvalue weighted by Crippen LogP contribution is 2.06. The maximum Gasteiger partial charge on any atom is 0.305 e. The van der Waals surface area contributed by atoms with E-state index in [2.05, 4.69) is 4.74 Å². The van der Waals surface area contributed by atoms with Crippen molar-refractivity contribution in [2.24, 2.45) is 0 Å². The summed E-state index contributed by atoms with van der Waals surface area (Å²) in [5.74, 6) is -0.0880. The van der Waals surface area contributed by atoms with Gasteiger partial charge >= 0.3 is 5.97 Å². The van der Waals surface area contributed by atoms with E-state index >= 15 is 0 Å². The molecule has 1 aromatic carbocycles. The van der Waals surface area contributed by atoms with Crippen molar-refractivity contribution in [2.75, 3.05) is 18.1 Å². The highest BCUT2D eigenvalue weighted by atomic mass is 16.5. The number of anilines is 2. The summed E-state index contributed by atoms with van der Waals surface area (Å²) in [7, 11) is 0. The molecular formula is C12H20N2O2. The van der Waals surface area contributed by atoms with Crippen molar-refractivity contribution in [3.05, 3.63) is 24.3 Å². The molecule has 0 aliphatic heterocycles. The van der Waals surface area contributed by atoms with Gasteiger partial charge in [0.25, 0.3) is 0 Å². The Hall–Kier alpha value is -1.71. The Bertz CT molecular complexity index is 288. The van der Waals surface area contributed by atoms with Crippen LogP contribution in [0, 0.1) is 0 Å². The van der Waals surface area contributed by atoms with E-state index in [1.165, 1.54) is 0 Å². The highest BCUT2D eigenvalue weighted by Gasteiger charge is 1.95. The maximum atomic E-state index is 10.4. The molecule has 1 rings (SSSR count). The monoisotopic (exact) mass is 224 g/mol. The summed E-state index contributed by atoms with van der Waals surface area (Å²) in [6, 6.07) is 7.15. The summed E-state index contributed by atoms with van der Waals surface area (Å²) in [5.41, 5.74) is 12.2. The molecule has 0 atom stereocenters. The Morgan fingerprint density at radius 1 is 1.25 bits per heavy atom. The Kier molecular flexibility index (Phi) is 7.67. The first kappa shape index (κ1) is 14.3. The first-order valence-electron chi connectivity index (χ1n) is 5.36. The van der Waals surface area contributed by atoms with Crippen molar-refractivity contribution in [3.63, 3.8) is 0 Å². The molecule has 0 heterocycles. The van der Waals surface area contributed by atoms with Crippen LogP contribution in [0.4, 0.5) is 11.4 Å². The molecular weight excluding hydrogens is 204 g/mol. The van der Waals surface area contributed by atoms with Crippen LogP contribution in [0.5, 0.6) is 0 Å². The van der Waals surface area contributed by atoms with Gasteiger partial charge in [-0.2, -0.15) is 0 Å². The third-order valence-corrected chi connectivity index (χ3v) is 1.67. The average Bonchev–Trinajstić information content (AvgIpc) is 2.18. The molecule has 16 heavy (non-hydrogen) atoms. The topological polar surface area (TPSA) is 78.3 Å². The van der Waals surface area contributed by atoms with E-state index in [4.69, 9.17) is 11.5 Å². The SMILES string of the molecule is CCCC(=O)OCC.Nc1cccc(N)c1. The number of ether oxygens (including phenoxy) is 1. The smallest absolute Gasteiger partial charge is 0.305 e. The third-order valence-electron chi connectivity index (χ3n) is 1.67. The van der Waals surface area contributed by atoms with E-state index in [1.807, 2.05) is 19.9 Å². The zero-order valence-corrected chi connectivity index (χ0v) is 9.90. The Morgan fingerprint density at radius 2 is 1.81 bits per heavy atom. The van der Waals surface area contributed by atoms with Crippen molar-refractivity contribution < 1.29 is 9.53 Å². The van der Waals surface area contributed by atoms with Crippen LogP contribution in [0.25, 0.3) is 0 Å². The molecule has 0 saturated carbocycles. The predicted octanol–water partition coefficient (Wildman–Crippen LogP) is 2.20. The van der Waals surface area contributed by atoms with Crippen molar-refractivity contribution in [1.29, 1.82) is 0 Å². The van der Waals surface area contributed by atoms with E-state index in [1.54, 1.807) is 18.2 Å². The molecule has 4 N–H and O–H groups in total. The molecule has 4 nitrogen and oxygen atoms in total. The first-order valence-corrected chi connectivity index (χ1v) is 5.36. The van der Waals surface area contributed by atoms with E-state index in [9.17, 15) is 4.79 Å². The molecule has 0 spiro atoms. The minimum Gasteiger partial charge on any atom is -0.466 e. The summed E-state index contributed by atoms with van der Waals surface area (Å²) in [6.07, 6.45) is 1.42. The van der Waals surface area contributed by atoms with Gasteiger partial charge in [-0.05, 0) is 31.5 Å². The molecule has 0 radical (unpaired) electrons. The number of rotatable bonds is 3. The molecule has 0 amide bonds. The van der Waals surface area contributed by atoms with Gasteiger partial charge in [0.05, 0.1) is 6.61 Å². The van der Waals surface area contributed by atoms with Crippen molar-refractivity contribution in [3.8, 4) is 0 Å². The summed E-state index contributed by atoms with van der Waals surface area (Å²) in [5, 5.41) is 0. The fraction of sp³-hybridized carbons (Fsp3) is 0.417. The van der Waals surface area contributed by atoms with Crippen LogP contribution in [0.3, 0.4) is 0 Å². The Morgan fingerprint density at radius 3 is 2.12 bits per heavy atom. The van der Waals surface area contributed by atoms with E-state index in [-0.39, 0.29) is 5.97 Å². The molecule has 0 unspecified atom stereocenters. The van der Waals surface area contributed by atoms with Gasteiger partial charge in [0.1, 0.15) is 0 Å². The van der Waals surface area contributed by atoms with Crippen LogP contribution in [-0.2, 0) is 9.53 Å². The van der Waals surface area contributed by atoms with Gasteiger partial charge in [0.2, 0.25) is 0 Å². The molecule has 0 bridgehead atoms. The summed E-state index contributed by atoms with van der Waals surface area (Å²) >= 11 is 0. The molecule has 0 aliphatic rings. The second-order valence-corrected chi connectivity index (χ2v) is 3.23. The Balaban J connectivity index is 0.000000281. The largest absolute Gasteiger partial charge is 0.466 e. The quantitative estimate of drug-likeness (QED) is 0.609. The first-order chi connectivity index (χ1) is 7.60. The minimum atomic E-state index is -0.0880. The standard InChI is InChI=1S/C6H8N2.C6H12O2/c7-5-2-1-3-6(8)4-5;1-3-5-6(7)8-4-2/h1-4H,7-8H2;3-5H2,1-2H3. The third kappa shape index (κ3) is 7.67. The van der Waals surface area contributed by atoms with Gasteiger partial charge < -0.3 is 16.2 Å². The van der Waals surface area contributed by atoms with Crippen LogP contribution >= 0.6 is 0 Å². The zero-order valence-electron chi connectivity index (χ0n) is 9.90. The van der Waals surface area contributed by atoms with Gasteiger partial charge in [-0.15, -0.1) is 0 Å². The summed E-state index contributed by atoms with van der Waals surface area (Å²) in [6.45, 7) is 4.27. The number of nitrogens with two attached hydrogens (primary N) is 2. The molecule has 0 fully saturated rings.